The van der Waals surface area contributed by atoms with Gasteiger partial charge in [-0.1, -0.05) is 30.3 Å². The summed E-state index contributed by atoms with van der Waals surface area (Å²) in [5.74, 6) is -0.651. The number of carbonyl (C=O) groups excluding carboxylic acids is 2. The normalized spacial score (nSPS) is 14.7. The van der Waals surface area contributed by atoms with Crippen molar-refractivity contribution >= 4 is 27.3 Å². The Kier molecular flexibility index (Phi) is 8.51. The maximum absolute atomic E-state index is 14.0. The molecule has 0 spiro atoms. The van der Waals surface area contributed by atoms with Crippen molar-refractivity contribution in [3.05, 3.63) is 77.4 Å². The van der Waals surface area contributed by atoms with Gasteiger partial charge in [-0.25, -0.2) is 8.42 Å². The van der Waals surface area contributed by atoms with Gasteiger partial charge in [0.15, 0.2) is 11.5 Å². The Bertz CT molecular complexity index is 1520. The van der Waals surface area contributed by atoms with Crippen LogP contribution in [-0.2, 0) is 9.84 Å². The number of hydrogen-bond donors (Lipinski definition) is 1. The van der Waals surface area contributed by atoms with Gasteiger partial charge in [0.05, 0.1) is 42.8 Å². The summed E-state index contributed by atoms with van der Waals surface area (Å²) in [6, 6.07) is 16.6. The van der Waals surface area contributed by atoms with Gasteiger partial charge >= 0.3 is 0 Å². The molecular weight excluding hydrogens is 530 g/mol. The van der Waals surface area contributed by atoms with Gasteiger partial charge in [0.25, 0.3) is 11.8 Å². The van der Waals surface area contributed by atoms with Gasteiger partial charge in [0, 0.05) is 11.9 Å². The highest BCUT2D eigenvalue weighted by Crippen LogP contribution is 2.39. The van der Waals surface area contributed by atoms with E-state index in [9.17, 15) is 18.0 Å². The number of sulfone groups is 1. The van der Waals surface area contributed by atoms with E-state index in [2.05, 4.69) is 5.32 Å². The summed E-state index contributed by atoms with van der Waals surface area (Å²) in [4.78, 5) is 30.8. The standard InChI is InChI=1S/C30H35N3O6S/c1-7-39-27-17-21(13-16-26(27)38-5)25(18-40(6,36)37)33-29(34)24-10-8-9-23(28(24)30(33)35)20-11-14-22(15-12-20)31-19(2)32(3)4/h8-17,19,25,31H,7,18H2,1-6H3. The topological polar surface area (TPSA) is 105 Å². The first-order chi connectivity index (χ1) is 18.9. The predicted octanol–water partition coefficient (Wildman–Crippen LogP) is 4.46. The number of benzene rings is 3. The number of rotatable bonds is 11. The molecule has 212 valence electrons. The Balaban J connectivity index is 1.75. The fourth-order valence-corrected chi connectivity index (χ4v) is 5.63. The van der Waals surface area contributed by atoms with Gasteiger partial charge in [-0.2, -0.15) is 0 Å². The second kappa shape index (κ2) is 11.7. The molecule has 9 nitrogen and oxygen atoms in total. The minimum atomic E-state index is -3.60. The summed E-state index contributed by atoms with van der Waals surface area (Å²) in [5, 5.41) is 3.39. The lowest BCUT2D eigenvalue weighted by molar-refractivity contribution is 0.0597. The van der Waals surface area contributed by atoms with E-state index in [1.165, 1.54) is 7.11 Å². The summed E-state index contributed by atoms with van der Waals surface area (Å²) >= 11 is 0. The van der Waals surface area contributed by atoms with Crippen LogP contribution in [-0.4, -0.2) is 76.0 Å². The molecule has 2 atom stereocenters. The van der Waals surface area contributed by atoms with Crippen LogP contribution < -0.4 is 14.8 Å². The number of carbonyl (C=O) groups is 2. The quantitative estimate of drug-likeness (QED) is 0.268. The molecule has 0 radical (unpaired) electrons. The van der Waals surface area contributed by atoms with E-state index in [4.69, 9.17) is 9.47 Å². The third kappa shape index (κ3) is 5.97. The van der Waals surface area contributed by atoms with E-state index in [0.29, 0.717) is 29.2 Å². The lowest BCUT2D eigenvalue weighted by atomic mass is 9.96. The van der Waals surface area contributed by atoms with Crippen molar-refractivity contribution in [3.63, 3.8) is 0 Å². The lowest BCUT2D eigenvalue weighted by Gasteiger charge is -2.27. The van der Waals surface area contributed by atoms with E-state index in [1.54, 1.807) is 36.4 Å². The first-order valence-corrected chi connectivity index (χ1v) is 15.0. The molecule has 40 heavy (non-hydrogen) atoms. The van der Waals surface area contributed by atoms with Crippen molar-refractivity contribution in [2.75, 3.05) is 45.1 Å². The first-order valence-electron chi connectivity index (χ1n) is 13.0. The number of ether oxygens (including phenoxy) is 2. The number of imide groups is 1. The molecule has 1 aliphatic rings. The van der Waals surface area contributed by atoms with Crippen LogP contribution in [0.3, 0.4) is 0 Å². The number of anilines is 1. The Morgan fingerprint density at radius 2 is 1.62 bits per heavy atom. The first kappa shape index (κ1) is 29.1. The van der Waals surface area contributed by atoms with Gasteiger partial charge in [-0.05, 0) is 75.0 Å². The Labute approximate surface area is 235 Å². The molecule has 0 saturated carbocycles. The van der Waals surface area contributed by atoms with Gasteiger partial charge in [-0.15, -0.1) is 0 Å². The van der Waals surface area contributed by atoms with Crippen molar-refractivity contribution in [3.8, 4) is 22.6 Å². The van der Waals surface area contributed by atoms with Gasteiger partial charge in [-0.3, -0.25) is 19.4 Å². The van der Waals surface area contributed by atoms with E-state index < -0.39 is 33.4 Å². The van der Waals surface area contributed by atoms with Crippen molar-refractivity contribution in [2.45, 2.75) is 26.1 Å². The van der Waals surface area contributed by atoms with E-state index >= 15 is 0 Å². The fraction of sp³-hybridized carbons (Fsp3) is 0.333. The van der Waals surface area contributed by atoms with E-state index in [1.807, 2.05) is 57.1 Å². The number of hydrogen-bond acceptors (Lipinski definition) is 8. The second-order valence-electron chi connectivity index (χ2n) is 10.0. The molecule has 0 fully saturated rings. The predicted molar refractivity (Wildman–Crippen MR) is 156 cm³/mol. The van der Waals surface area contributed by atoms with Gasteiger partial charge in [0.1, 0.15) is 9.84 Å². The van der Waals surface area contributed by atoms with Crippen LogP contribution in [0, 0.1) is 0 Å². The Morgan fingerprint density at radius 3 is 2.23 bits per heavy atom. The highest BCUT2D eigenvalue weighted by molar-refractivity contribution is 7.90. The molecular formula is C30H35N3O6S. The van der Waals surface area contributed by atoms with Crippen molar-refractivity contribution in [1.82, 2.24) is 9.80 Å². The lowest BCUT2D eigenvalue weighted by Crippen LogP contribution is -2.37. The third-order valence-electron chi connectivity index (χ3n) is 6.94. The number of nitrogens with one attached hydrogen (secondary N) is 1. The monoisotopic (exact) mass is 565 g/mol. The smallest absolute Gasteiger partial charge is 0.262 e. The average molecular weight is 566 g/mol. The number of methoxy groups -OCH3 is 1. The minimum absolute atomic E-state index is 0.118. The van der Waals surface area contributed by atoms with Gasteiger partial charge < -0.3 is 14.8 Å². The van der Waals surface area contributed by atoms with Crippen LogP contribution in [0.25, 0.3) is 11.1 Å². The zero-order valence-corrected chi connectivity index (χ0v) is 24.4. The molecule has 0 aromatic heterocycles. The van der Waals surface area contributed by atoms with Gasteiger partial charge in [0.2, 0.25) is 0 Å². The van der Waals surface area contributed by atoms with Crippen LogP contribution in [0.1, 0.15) is 46.2 Å². The summed E-state index contributed by atoms with van der Waals surface area (Å²) in [5.41, 5.74) is 3.24. The summed E-state index contributed by atoms with van der Waals surface area (Å²) in [7, 11) is 1.87. The van der Waals surface area contributed by atoms with Crippen LogP contribution in [0.5, 0.6) is 11.5 Å². The largest absolute Gasteiger partial charge is 0.493 e. The molecule has 1 N–H and O–H groups in total. The number of amides is 2. The molecule has 10 heteroatoms. The molecule has 1 aliphatic heterocycles. The minimum Gasteiger partial charge on any atom is -0.493 e. The fourth-order valence-electron chi connectivity index (χ4n) is 4.72. The van der Waals surface area contributed by atoms with Crippen LogP contribution in [0.2, 0.25) is 0 Å². The van der Waals surface area contributed by atoms with Crippen molar-refractivity contribution in [2.24, 2.45) is 0 Å². The van der Waals surface area contributed by atoms with E-state index in [0.717, 1.165) is 22.4 Å². The molecule has 1 heterocycles. The maximum atomic E-state index is 14.0. The summed E-state index contributed by atoms with van der Waals surface area (Å²) < 4.78 is 36.1. The van der Waals surface area contributed by atoms with Crippen LogP contribution >= 0.6 is 0 Å². The Hall–Kier alpha value is -3.89. The van der Waals surface area contributed by atoms with E-state index in [-0.39, 0.29) is 17.3 Å². The SMILES string of the molecule is CCOc1cc(C(CS(C)(=O)=O)N2C(=O)c3cccc(-c4ccc(NC(C)N(C)C)cc4)c3C2=O)ccc1OC. The molecule has 0 saturated heterocycles. The molecule has 2 unspecified atom stereocenters. The summed E-state index contributed by atoms with van der Waals surface area (Å²) in [6.07, 6.45) is 1.20. The summed E-state index contributed by atoms with van der Waals surface area (Å²) in [6.45, 7) is 4.22. The number of fused-ring (bicyclic) bond motifs is 1. The average Bonchev–Trinajstić information content (AvgIpc) is 3.17. The van der Waals surface area contributed by atoms with Crippen molar-refractivity contribution < 1.29 is 27.5 Å². The molecule has 0 aliphatic carbocycles. The molecule has 3 aromatic carbocycles. The maximum Gasteiger partial charge on any atom is 0.262 e. The highest BCUT2D eigenvalue weighted by Gasteiger charge is 2.43. The highest BCUT2D eigenvalue weighted by atomic mass is 32.2. The third-order valence-corrected chi connectivity index (χ3v) is 7.86. The zero-order chi connectivity index (χ0) is 29.2. The number of nitrogens with zero attached hydrogens (tertiary/aromatic N) is 2. The zero-order valence-electron chi connectivity index (χ0n) is 23.6. The molecule has 3 aromatic rings. The Morgan fingerprint density at radius 1 is 0.950 bits per heavy atom. The molecule has 4 rings (SSSR count). The molecule has 2 amide bonds. The van der Waals surface area contributed by atoms with Crippen molar-refractivity contribution in [1.29, 1.82) is 0 Å². The molecule has 0 bridgehead atoms. The second-order valence-corrected chi connectivity index (χ2v) is 12.2. The van der Waals surface area contributed by atoms with Crippen LogP contribution in [0.4, 0.5) is 5.69 Å². The van der Waals surface area contributed by atoms with Crippen LogP contribution in [0.15, 0.2) is 60.7 Å².